The molecule has 3 N–H and O–H groups in total. The van der Waals surface area contributed by atoms with Crippen molar-refractivity contribution >= 4 is 15.7 Å². The third-order valence-corrected chi connectivity index (χ3v) is 4.44. The number of aryl methyl sites for hydroxylation is 2. The summed E-state index contributed by atoms with van der Waals surface area (Å²) in [5, 5.41) is 0. The zero-order valence-electron chi connectivity index (χ0n) is 12.0. The highest BCUT2D eigenvalue weighted by molar-refractivity contribution is 7.89. The van der Waals surface area contributed by atoms with Crippen LogP contribution in [0.2, 0.25) is 0 Å². The Balaban J connectivity index is 2.65. The molecule has 0 amide bonds. The van der Waals surface area contributed by atoms with Crippen LogP contribution in [0, 0.1) is 13.8 Å². The molecule has 0 radical (unpaired) electrons. The molecule has 0 spiro atoms. The molecular weight excluding hydrogens is 276 g/mol. The molecule has 5 nitrogen and oxygen atoms in total. The minimum Gasteiger partial charge on any atom is -0.398 e. The fourth-order valence-electron chi connectivity index (χ4n) is 1.64. The molecule has 0 saturated carbocycles. The summed E-state index contributed by atoms with van der Waals surface area (Å²) in [4.78, 5) is 0.117. The van der Waals surface area contributed by atoms with E-state index < -0.39 is 10.0 Å². The molecule has 0 fully saturated rings. The predicted octanol–water partition coefficient (Wildman–Crippen LogP) is 1.76. The molecular formula is C14H22N2O3S. The summed E-state index contributed by atoms with van der Waals surface area (Å²) in [6, 6.07) is 3.26. The van der Waals surface area contributed by atoms with Crippen LogP contribution in [0.1, 0.15) is 17.5 Å². The van der Waals surface area contributed by atoms with E-state index in [-0.39, 0.29) is 17.1 Å². The van der Waals surface area contributed by atoms with Crippen LogP contribution < -0.4 is 10.5 Å². The van der Waals surface area contributed by atoms with Crippen LogP contribution in [-0.2, 0) is 14.8 Å². The van der Waals surface area contributed by atoms with Gasteiger partial charge in [-0.3, -0.25) is 0 Å². The lowest BCUT2D eigenvalue weighted by molar-refractivity contribution is 0.144. The molecule has 0 heterocycles. The first kappa shape index (κ1) is 16.7. The molecule has 1 rings (SSSR count). The van der Waals surface area contributed by atoms with Crippen LogP contribution in [0.15, 0.2) is 29.7 Å². The van der Waals surface area contributed by atoms with E-state index in [0.717, 1.165) is 17.5 Å². The summed E-state index contributed by atoms with van der Waals surface area (Å²) in [5.41, 5.74) is 7.90. The second-order valence-corrected chi connectivity index (χ2v) is 6.30. The van der Waals surface area contributed by atoms with E-state index in [2.05, 4.69) is 11.3 Å². The number of nitrogens with two attached hydrogens (primary N) is 1. The number of sulfonamides is 1. The molecule has 112 valence electrons. The molecule has 0 aliphatic carbocycles. The quantitative estimate of drug-likeness (QED) is 0.435. The van der Waals surface area contributed by atoms with Crippen LogP contribution in [0.5, 0.6) is 0 Å². The molecule has 6 heteroatoms. The van der Waals surface area contributed by atoms with Crippen LogP contribution in [-0.4, -0.2) is 28.2 Å². The monoisotopic (exact) mass is 298 g/mol. The molecule has 0 aromatic heterocycles. The maximum absolute atomic E-state index is 12.1. The fourth-order valence-corrected chi connectivity index (χ4v) is 2.85. The van der Waals surface area contributed by atoms with E-state index in [4.69, 9.17) is 10.5 Å². The standard InChI is InChI=1S/C14H22N2O3S/c1-4-5-7-19-8-6-16-20(17,18)14-10-12(3)11(2)9-13(14)15/h4,9-10,16H,1,5-8,15H2,2-3H3. The Morgan fingerprint density at radius 2 is 1.95 bits per heavy atom. The van der Waals surface area contributed by atoms with E-state index in [9.17, 15) is 8.42 Å². The molecule has 0 atom stereocenters. The zero-order valence-corrected chi connectivity index (χ0v) is 12.8. The summed E-state index contributed by atoms with van der Waals surface area (Å²) in [6.45, 7) is 8.39. The van der Waals surface area contributed by atoms with E-state index in [1.165, 1.54) is 0 Å². The Bertz CT molecular complexity index is 568. The molecule has 20 heavy (non-hydrogen) atoms. The van der Waals surface area contributed by atoms with Gasteiger partial charge >= 0.3 is 0 Å². The summed E-state index contributed by atoms with van der Waals surface area (Å²) in [7, 11) is -3.60. The lowest BCUT2D eigenvalue weighted by Crippen LogP contribution is -2.28. The molecule has 0 bridgehead atoms. The summed E-state index contributed by atoms with van der Waals surface area (Å²) < 4.78 is 32.0. The van der Waals surface area contributed by atoms with Gasteiger partial charge in [-0.25, -0.2) is 13.1 Å². The van der Waals surface area contributed by atoms with Crippen molar-refractivity contribution in [2.45, 2.75) is 25.2 Å². The van der Waals surface area contributed by atoms with Crippen LogP contribution >= 0.6 is 0 Å². The maximum Gasteiger partial charge on any atom is 0.242 e. The van der Waals surface area contributed by atoms with Crippen molar-refractivity contribution in [3.63, 3.8) is 0 Å². The van der Waals surface area contributed by atoms with Crippen LogP contribution in [0.25, 0.3) is 0 Å². The van der Waals surface area contributed by atoms with E-state index in [0.29, 0.717) is 13.2 Å². The van der Waals surface area contributed by atoms with Gasteiger partial charge in [0.05, 0.1) is 18.9 Å². The lowest BCUT2D eigenvalue weighted by Gasteiger charge is -2.11. The molecule has 1 aromatic rings. The van der Waals surface area contributed by atoms with Crippen molar-refractivity contribution in [1.82, 2.24) is 4.72 Å². The first-order chi connectivity index (χ1) is 9.38. The number of hydrogen-bond acceptors (Lipinski definition) is 4. The minimum atomic E-state index is -3.60. The van der Waals surface area contributed by atoms with Gasteiger partial charge in [-0.2, -0.15) is 0 Å². The highest BCUT2D eigenvalue weighted by Crippen LogP contribution is 2.22. The Kier molecular flexibility index (Phi) is 6.19. The van der Waals surface area contributed by atoms with Crippen molar-refractivity contribution in [2.24, 2.45) is 0 Å². The summed E-state index contributed by atoms with van der Waals surface area (Å²) in [5.74, 6) is 0. The molecule has 0 aliphatic rings. The van der Waals surface area contributed by atoms with E-state index in [1.54, 1.807) is 18.2 Å². The van der Waals surface area contributed by atoms with E-state index >= 15 is 0 Å². The number of nitrogen functional groups attached to an aromatic ring is 1. The average Bonchev–Trinajstić information content (AvgIpc) is 2.37. The van der Waals surface area contributed by atoms with Crippen molar-refractivity contribution in [2.75, 3.05) is 25.5 Å². The van der Waals surface area contributed by atoms with Crippen molar-refractivity contribution in [1.29, 1.82) is 0 Å². The molecule has 0 aliphatic heterocycles. The van der Waals surface area contributed by atoms with Crippen molar-refractivity contribution < 1.29 is 13.2 Å². The SMILES string of the molecule is C=CCCOCCNS(=O)(=O)c1cc(C)c(C)cc1N. The molecule has 1 aromatic carbocycles. The van der Waals surface area contributed by atoms with Gasteiger partial charge in [0, 0.05) is 6.54 Å². The lowest BCUT2D eigenvalue weighted by atomic mass is 10.1. The number of hydrogen-bond donors (Lipinski definition) is 2. The van der Waals surface area contributed by atoms with E-state index in [1.807, 2.05) is 13.8 Å². The van der Waals surface area contributed by atoms with Gasteiger partial charge in [-0.15, -0.1) is 6.58 Å². The Morgan fingerprint density at radius 1 is 1.30 bits per heavy atom. The van der Waals surface area contributed by atoms with Gasteiger partial charge < -0.3 is 10.5 Å². The van der Waals surface area contributed by atoms with Gasteiger partial charge in [0.25, 0.3) is 0 Å². The first-order valence-electron chi connectivity index (χ1n) is 6.43. The van der Waals surface area contributed by atoms with Gasteiger partial charge in [0.1, 0.15) is 4.90 Å². The second-order valence-electron chi connectivity index (χ2n) is 4.56. The van der Waals surface area contributed by atoms with Crippen LogP contribution in [0.3, 0.4) is 0 Å². The number of ether oxygens (including phenoxy) is 1. The number of rotatable bonds is 8. The van der Waals surface area contributed by atoms with Gasteiger partial charge in [-0.1, -0.05) is 6.08 Å². The second kappa shape index (κ2) is 7.42. The third-order valence-electron chi connectivity index (χ3n) is 2.92. The largest absolute Gasteiger partial charge is 0.398 e. The maximum atomic E-state index is 12.1. The molecule has 0 saturated heterocycles. The number of benzene rings is 1. The zero-order chi connectivity index (χ0) is 15.2. The highest BCUT2D eigenvalue weighted by Gasteiger charge is 2.17. The summed E-state index contributed by atoms with van der Waals surface area (Å²) >= 11 is 0. The molecule has 0 unspecified atom stereocenters. The van der Waals surface area contributed by atoms with Gasteiger partial charge in [-0.05, 0) is 43.5 Å². The average molecular weight is 298 g/mol. The number of nitrogens with one attached hydrogen (secondary N) is 1. The van der Waals surface area contributed by atoms with Gasteiger partial charge in [0.15, 0.2) is 0 Å². The number of anilines is 1. The van der Waals surface area contributed by atoms with Crippen molar-refractivity contribution in [3.8, 4) is 0 Å². The fraction of sp³-hybridized carbons (Fsp3) is 0.429. The third kappa shape index (κ3) is 4.63. The van der Waals surface area contributed by atoms with Gasteiger partial charge in [0.2, 0.25) is 10.0 Å². The Labute approximate surface area is 120 Å². The topological polar surface area (TPSA) is 81.4 Å². The summed E-state index contributed by atoms with van der Waals surface area (Å²) in [6.07, 6.45) is 2.50. The Hall–Kier alpha value is -1.37. The predicted molar refractivity (Wildman–Crippen MR) is 81.1 cm³/mol. The first-order valence-corrected chi connectivity index (χ1v) is 7.92. The highest BCUT2D eigenvalue weighted by atomic mass is 32.2. The smallest absolute Gasteiger partial charge is 0.242 e. The normalized spacial score (nSPS) is 11.5. The minimum absolute atomic E-state index is 0.117. The Morgan fingerprint density at radius 3 is 2.60 bits per heavy atom. The van der Waals surface area contributed by atoms with Crippen LogP contribution in [0.4, 0.5) is 5.69 Å². The van der Waals surface area contributed by atoms with Crippen molar-refractivity contribution in [3.05, 3.63) is 35.9 Å².